The predicted molar refractivity (Wildman–Crippen MR) is 76.6 cm³/mol. The van der Waals surface area contributed by atoms with Gasteiger partial charge in [-0.15, -0.1) is 0 Å². The first-order chi connectivity index (χ1) is 9.36. The number of rotatable bonds is 6. The summed E-state index contributed by atoms with van der Waals surface area (Å²) in [5.74, 6) is -0.431. The van der Waals surface area contributed by atoms with Gasteiger partial charge in [-0.25, -0.2) is 9.78 Å². The topological polar surface area (TPSA) is 99.2 Å². The minimum Gasteiger partial charge on any atom is -0.383 e. The molecule has 0 fully saturated rings. The number of imidazole rings is 1. The van der Waals surface area contributed by atoms with Gasteiger partial charge in [-0.3, -0.25) is 10.1 Å². The predicted octanol–water partition coefficient (Wildman–Crippen LogP) is 0.822. The summed E-state index contributed by atoms with van der Waals surface area (Å²) in [6.45, 7) is 6.80. The van der Waals surface area contributed by atoms with Crippen LogP contribution in [0.4, 0.5) is 4.79 Å². The molecule has 0 aliphatic carbocycles. The maximum atomic E-state index is 11.7. The van der Waals surface area contributed by atoms with Crippen LogP contribution in [0, 0.1) is 13.8 Å². The number of aryl methyl sites for hydroxylation is 1. The fourth-order valence-electron chi connectivity index (χ4n) is 1.59. The molecular weight excluding hydrogens is 280 g/mol. The second kappa shape index (κ2) is 7.30. The number of nitrogens with zero attached hydrogens (tertiary/aromatic N) is 2. The van der Waals surface area contributed by atoms with Crippen LogP contribution in [0.3, 0.4) is 0 Å². The number of carbonyl (C=O) groups is 2. The third-order valence-corrected chi connectivity index (χ3v) is 3.93. The van der Waals surface area contributed by atoms with Gasteiger partial charge in [-0.05, 0) is 20.8 Å². The Morgan fingerprint density at radius 3 is 2.70 bits per heavy atom. The Morgan fingerprint density at radius 1 is 1.50 bits per heavy atom. The first-order valence-corrected chi connectivity index (χ1v) is 7.04. The van der Waals surface area contributed by atoms with E-state index in [0.29, 0.717) is 13.2 Å². The number of nitrogens with two attached hydrogens (primary N) is 1. The van der Waals surface area contributed by atoms with E-state index in [4.69, 9.17) is 10.5 Å². The maximum Gasteiger partial charge on any atom is 0.318 e. The van der Waals surface area contributed by atoms with Crippen molar-refractivity contribution < 1.29 is 14.3 Å². The molecule has 1 atom stereocenters. The number of imide groups is 1. The van der Waals surface area contributed by atoms with Crippen molar-refractivity contribution in [2.45, 2.75) is 37.7 Å². The average molecular weight is 300 g/mol. The van der Waals surface area contributed by atoms with E-state index < -0.39 is 17.2 Å². The Bertz CT molecular complexity index is 501. The Kier molecular flexibility index (Phi) is 6.03. The molecule has 1 heterocycles. The first kappa shape index (κ1) is 16.5. The number of nitrogens with one attached hydrogen (secondary N) is 1. The van der Waals surface area contributed by atoms with Crippen LogP contribution in [0.1, 0.15) is 18.3 Å². The van der Waals surface area contributed by atoms with Gasteiger partial charge < -0.3 is 15.0 Å². The number of ether oxygens (including phenoxy) is 1. The molecule has 0 saturated heterocycles. The zero-order valence-electron chi connectivity index (χ0n) is 12.1. The summed E-state index contributed by atoms with van der Waals surface area (Å²) < 4.78 is 7.07. The van der Waals surface area contributed by atoms with Crippen molar-refractivity contribution in [3.8, 4) is 0 Å². The molecule has 0 aliphatic heterocycles. The molecule has 1 aromatic rings. The number of aromatic nitrogens is 2. The molecule has 20 heavy (non-hydrogen) atoms. The molecular formula is C12H20N4O3S. The average Bonchev–Trinajstić information content (AvgIpc) is 2.62. The highest BCUT2D eigenvalue weighted by Crippen LogP contribution is 2.25. The van der Waals surface area contributed by atoms with Crippen LogP contribution in [0.2, 0.25) is 0 Å². The summed E-state index contributed by atoms with van der Waals surface area (Å²) in [4.78, 5) is 26.8. The van der Waals surface area contributed by atoms with Gasteiger partial charge in [-0.2, -0.15) is 0 Å². The van der Waals surface area contributed by atoms with Crippen molar-refractivity contribution >= 4 is 23.7 Å². The van der Waals surface area contributed by atoms with E-state index in [1.165, 1.54) is 11.8 Å². The zero-order valence-corrected chi connectivity index (χ0v) is 12.9. The molecule has 0 bridgehead atoms. The molecule has 8 heteroatoms. The number of methoxy groups -OCH3 is 1. The van der Waals surface area contributed by atoms with Crippen LogP contribution in [0.5, 0.6) is 0 Å². The van der Waals surface area contributed by atoms with Crippen molar-refractivity contribution in [1.82, 2.24) is 14.9 Å². The van der Waals surface area contributed by atoms with Crippen LogP contribution >= 0.6 is 11.8 Å². The van der Waals surface area contributed by atoms with Crippen molar-refractivity contribution in [2.75, 3.05) is 13.7 Å². The van der Waals surface area contributed by atoms with Gasteiger partial charge in [0.15, 0.2) is 5.16 Å². The number of hydrogen-bond acceptors (Lipinski definition) is 5. The van der Waals surface area contributed by atoms with Crippen molar-refractivity contribution in [3.05, 3.63) is 11.4 Å². The molecule has 0 aliphatic rings. The van der Waals surface area contributed by atoms with E-state index in [2.05, 4.69) is 10.3 Å². The quantitative estimate of drug-likeness (QED) is 0.758. The van der Waals surface area contributed by atoms with Crippen LogP contribution in [-0.4, -0.2) is 40.5 Å². The van der Waals surface area contributed by atoms with E-state index in [1.807, 2.05) is 18.4 Å². The molecule has 7 nitrogen and oxygen atoms in total. The van der Waals surface area contributed by atoms with Crippen LogP contribution in [0.15, 0.2) is 5.16 Å². The highest BCUT2D eigenvalue weighted by atomic mass is 32.2. The SMILES string of the molecule is COCCn1c(SC(C)C(=O)NC(N)=O)nc(C)c1C. The lowest BCUT2D eigenvalue weighted by molar-refractivity contribution is -0.119. The lowest BCUT2D eigenvalue weighted by Gasteiger charge is -2.12. The number of thioether (sulfide) groups is 1. The summed E-state index contributed by atoms with van der Waals surface area (Å²) in [5.41, 5.74) is 6.87. The molecule has 0 saturated carbocycles. The van der Waals surface area contributed by atoms with E-state index in [-0.39, 0.29) is 0 Å². The summed E-state index contributed by atoms with van der Waals surface area (Å²) in [7, 11) is 1.63. The zero-order chi connectivity index (χ0) is 15.3. The number of carbonyl (C=O) groups excluding carboxylic acids is 2. The van der Waals surface area contributed by atoms with Gasteiger partial charge in [0, 0.05) is 19.3 Å². The van der Waals surface area contributed by atoms with Crippen molar-refractivity contribution in [3.63, 3.8) is 0 Å². The van der Waals surface area contributed by atoms with Crippen LogP contribution in [0.25, 0.3) is 0 Å². The Balaban J connectivity index is 2.83. The van der Waals surface area contributed by atoms with E-state index in [1.54, 1.807) is 14.0 Å². The Hall–Kier alpha value is -1.54. The lowest BCUT2D eigenvalue weighted by atomic mass is 10.4. The van der Waals surface area contributed by atoms with Gasteiger partial charge in [0.2, 0.25) is 5.91 Å². The summed E-state index contributed by atoms with van der Waals surface area (Å²) in [6.07, 6.45) is 0. The van der Waals surface area contributed by atoms with E-state index in [0.717, 1.165) is 16.5 Å². The molecule has 3 amide bonds. The summed E-state index contributed by atoms with van der Waals surface area (Å²) in [5, 5.41) is 2.32. The molecule has 1 rings (SSSR count). The largest absolute Gasteiger partial charge is 0.383 e. The molecule has 112 valence electrons. The number of urea groups is 1. The smallest absolute Gasteiger partial charge is 0.318 e. The van der Waals surface area contributed by atoms with E-state index >= 15 is 0 Å². The minimum absolute atomic E-state index is 0.431. The summed E-state index contributed by atoms with van der Waals surface area (Å²) in [6, 6.07) is -0.850. The third-order valence-electron chi connectivity index (χ3n) is 2.84. The standard InChI is InChI=1S/C12H20N4O3S/c1-7-8(2)16(5-6-19-4)12(14-7)20-9(3)10(17)15-11(13)18/h9H,5-6H2,1-4H3,(H3,13,15,17,18). The maximum absolute atomic E-state index is 11.7. The fraction of sp³-hybridized carbons (Fsp3) is 0.583. The van der Waals surface area contributed by atoms with Gasteiger partial charge >= 0.3 is 6.03 Å². The molecule has 1 aromatic heterocycles. The molecule has 0 radical (unpaired) electrons. The number of primary amides is 1. The second-order valence-corrected chi connectivity index (χ2v) is 5.63. The first-order valence-electron chi connectivity index (χ1n) is 6.16. The highest BCUT2D eigenvalue weighted by Gasteiger charge is 2.20. The van der Waals surface area contributed by atoms with Gasteiger partial charge in [-0.1, -0.05) is 11.8 Å². The normalized spacial score (nSPS) is 12.2. The van der Waals surface area contributed by atoms with Gasteiger partial charge in [0.05, 0.1) is 17.6 Å². The molecule has 0 aromatic carbocycles. The van der Waals surface area contributed by atoms with Crippen molar-refractivity contribution in [1.29, 1.82) is 0 Å². The van der Waals surface area contributed by atoms with Crippen molar-refractivity contribution in [2.24, 2.45) is 5.73 Å². The van der Waals surface area contributed by atoms with E-state index in [9.17, 15) is 9.59 Å². The molecule has 0 spiro atoms. The third kappa shape index (κ3) is 4.24. The Labute approximate surface area is 122 Å². The number of amides is 3. The number of hydrogen-bond donors (Lipinski definition) is 2. The van der Waals surface area contributed by atoms with Crippen LogP contribution in [-0.2, 0) is 16.1 Å². The highest BCUT2D eigenvalue weighted by molar-refractivity contribution is 8.00. The second-order valence-electron chi connectivity index (χ2n) is 4.32. The minimum atomic E-state index is -0.850. The fourth-order valence-corrected chi connectivity index (χ4v) is 2.62. The van der Waals surface area contributed by atoms with Gasteiger partial charge in [0.1, 0.15) is 0 Å². The molecule has 1 unspecified atom stereocenters. The Morgan fingerprint density at radius 2 is 2.15 bits per heavy atom. The molecule has 3 N–H and O–H groups in total. The monoisotopic (exact) mass is 300 g/mol. The summed E-state index contributed by atoms with van der Waals surface area (Å²) >= 11 is 1.28. The van der Waals surface area contributed by atoms with Gasteiger partial charge in [0.25, 0.3) is 0 Å². The lowest BCUT2D eigenvalue weighted by Crippen LogP contribution is -2.39. The van der Waals surface area contributed by atoms with Crippen LogP contribution < -0.4 is 11.1 Å².